The minimum Gasteiger partial charge on any atom is -0.417 e. The molecule has 0 radical (unpaired) electrons. The average molecular weight is 547 g/mol. The van der Waals surface area contributed by atoms with Gasteiger partial charge >= 0.3 is 8.60 Å². The molecule has 7 nitrogen and oxygen atoms in total. The highest BCUT2D eigenvalue weighted by Crippen LogP contribution is 2.49. The van der Waals surface area contributed by atoms with Gasteiger partial charge in [0.05, 0.1) is 6.61 Å². The Bertz CT molecular complexity index is 1070. The highest BCUT2D eigenvalue weighted by atomic mass is 31.2. The number of aliphatic hydroxyl groups excluding tert-OH is 1. The van der Waals surface area contributed by atoms with E-state index in [1.54, 1.807) is 13.8 Å². The van der Waals surface area contributed by atoms with E-state index in [0.717, 1.165) is 33.8 Å². The van der Waals surface area contributed by atoms with E-state index >= 15 is 0 Å². The molecule has 210 valence electrons. The maximum absolute atomic E-state index is 10.9. The van der Waals surface area contributed by atoms with Crippen LogP contribution in [0.2, 0.25) is 0 Å². The Labute approximate surface area is 228 Å². The molecule has 0 bridgehead atoms. The van der Waals surface area contributed by atoms with Crippen molar-refractivity contribution in [3.05, 3.63) is 58.7 Å². The van der Waals surface area contributed by atoms with Crippen LogP contribution in [-0.4, -0.2) is 42.1 Å². The predicted octanol–water partition coefficient (Wildman–Crippen LogP) is 6.84. The van der Waals surface area contributed by atoms with Crippen molar-refractivity contribution in [2.45, 2.75) is 110 Å². The summed E-state index contributed by atoms with van der Waals surface area (Å²) in [5.74, 6) is 0.689. The standard InChI is InChI=1S/C30H43O7P/c1-18-13-11-15-20(28(3,4)5)24(18)36-38(37-25-19(2)14-12-16-21(25)29(6,7)8)32-17-22-23(31)26-27(33-22)35-30(9,10)34-26/h11-16,22-23,26-27,31H,17H2,1-10H3/t22-,23+,26-,27-/m1/s1. The number of ether oxygens (including phenoxy) is 3. The lowest BCUT2D eigenvalue weighted by Crippen LogP contribution is -2.36. The quantitative estimate of drug-likeness (QED) is 0.381. The fraction of sp³-hybridized carbons (Fsp3) is 0.600. The van der Waals surface area contributed by atoms with Crippen LogP contribution in [0.4, 0.5) is 0 Å². The lowest BCUT2D eigenvalue weighted by Gasteiger charge is -2.29. The Balaban J connectivity index is 1.62. The topological polar surface area (TPSA) is 75.6 Å². The lowest BCUT2D eigenvalue weighted by atomic mass is 9.85. The molecule has 4 rings (SSSR count). The first-order valence-electron chi connectivity index (χ1n) is 13.3. The van der Waals surface area contributed by atoms with Gasteiger partial charge in [0.25, 0.3) is 0 Å². The van der Waals surface area contributed by atoms with E-state index in [0.29, 0.717) is 0 Å². The Morgan fingerprint density at radius 2 is 1.34 bits per heavy atom. The van der Waals surface area contributed by atoms with E-state index < -0.39 is 39.0 Å². The van der Waals surface area contributed by atoms with Gasteiger partial charge in [-0.05, 0) is 49.7 Å². The zero-order valence-corrected chi connectivity index (χ0v) is 25.2. The van der Waals surface area contributed by atoms with Gasteiger partial charge in [-0.15, -0.1) is 0 Å². The third-order valence-corrected chi connectivity index (χ3v) is 7.85. The Kier molecular flexibility index (Phi) is 8.22. The van der Waals surface area contributed by atoms with Crippen molar-refractivity contribution < 1.29 is 32.9 Å². The predicted molar refractivity (Wildman–Crippen MR) is 149 cm³/mol. The summed E-state index contributed by atoms with van der Waals surface area (Å²) in [6.07, 6.45) is -2.75. The van der Waals surface area contributed by atoms with Gasteiger partial charge in [-0.25, -0.2) is 0 Å². The summed E-state index contributed by atoms with van der Waals surface area (Å²) < 4.78 is 37.0. The van der Waals surface area contributed by atoms with Crippen molar-refractivity contribution >= 4 is 8.60 Å². The highest BCUT2D eigenvalue weighted by Gasteiger charge is 2.54. The Hall–Kier alpha value is -1.73. The SMILES string of the molecule is Cc1cccc(C(C)(C)C)c1OP(OC[C@H]1O[C@@H]2OC(C)(C)O[C@@H]2[C@H]1O)Oc1c(C)cccc1C(C)(C)C. The summed E-state index contributed by atoms with van der Waals surface area (Å²) in [6.45, 7) is 20.6. The normalized spacial score (nSPS) is 25.1. The second kappa shape index (κ2) is 10.7. The fourth-order valence-corrected chi connectivity index (χ4v) is 5.97. The number of hydrogen-bond donors (Lipinski definition) is 1. The first kappa shape index (κ1) is 29.3. The molecule has 0 spiro atoms. The second-order valence-corrected chi connectivity index (χ2v) is 13.8. The largest absolute Gasteiger partial charge is 0.463 e. The van der Waals surface area contributed by atoms with Gasteiger partial charge in [0.1, 0.15) is 29.8 Å². The molecule has 0 aromatic heterocycles. The van der Waals surface area contributed by atoms with E-state index in [2.05, 4.69) is 53.7 Å². The van der Waals surface area contributed by atoms with Gasteiger partial charge in [0.15, 0.2) is 12.1 Å². The molecule has 1 N–H and O–H groups in total. The zero-order valence-electron chi connectivity index (χ0n) is 24.3. The van der Waals surface area contributed by atoms with E-state index in [1.165, 1.54) is 0 Å². The fourth-order valence-electron chi connectivity index (χ4n) is 4.78. The maximum Gasteiger partial charge on any atom is 0.463 e. The van der Waals surface area contributed by atoms with Crippen molar-refractivity contribution in [2.24, 2.45) is 0 Å². The number of para-hydroxylation sites is 2. The molecule has 38 heavy (non-hydrogen) atoms. The number of rotatable bonds is 7. The van der Waals surface area contributed by atoms with Gasteiger partial charge in [0, 0.05) is 11.1 Å². The molecule has 2 saturated heterocycles. The number of benzene rings is 2. The van der Waals surface area contributed by atoms with E-state index in [4.69, 9.17) is 27.8 Å². The second-order valence-electron chi connectivity index (χ2n) is 12.7. The minimum atomic E-state index is -1.91. The van der Waals surface area contributed by atoms with Gasteiger partial charge in [0.2, 0.25) is 0 Å². The Morgan fingerprint density at radius 1 is 0.842 bits per heavy atom. The van der Waals surface area contributed by atoms with Gasteiger partial charge in [-0.2, -0.15) is 0 Å². The summed E-state index contributed by atoms with van der Waals surface area (Å²) >= 11 is 0. The molecule has 2 aromatic carbocycles. The lowest BCUT2D eigenvalue weighted by molar-refractivity contribution is -0.217. The zero-order chi connectivity index (χ0) is 28.0. The van der Waals surface area contributed by atoms with Gasteiger partial charge < -0.3 is 28.4 Å². The summed E-state index contributed by atoms with van der Waals surface area (Å²) in [6, 6.07) is 12.3. The molecule has 0 unspecified atom stereocenters. The summed E-state index contributed by atoms with van der Waals surface area (Å²) in [7, 11) is -1.91. The molecule has 0 amide bonds. The Morgan fingerprint density at radius 3 is 1.79 bits per heavy atom. The van der Waals surface area contributed by atoms with E-state index in [9.17, 15) is 5.11 Å². The van der Waals surface area contributed by atoms with Crippen LogP contribution in [0, 0.1) is 13.8 Å². The van der Waals surface area contributed by atoms with Crippen molar-refractivity contribution in [1.29, 1.82) is 0 Å². The molecule has 2 aliphatic heterocycles. The van der Waals surface area contributed by atoms with Crippen LogP contribution in [0.25, 0.3) is 0 Å². The van der Waals surface area contributed by atoms with Crippen molar-refractivity contribution in [2.75, 3.05) is 6.61 Å². The number of hydrogen-bond acceptors (Lipinski definition) is 7. The van der Waals surface area contributed by atoms with Crippen LogP contribution in [-0.2, 0) is 29.6 Å². The summed E-state index contributed by atoms with van der Waals surface area (Å²) in [4.78, 5) is 0. The van der Waals surface area contributed by atoms with Gasteiger partial charge in [-0.1, -0.05) is 77.9 Å². The minimum absolute atomic E-state index is 0.0560. The molecular formula is C30H43O7P. The van der Waals surface area contributed by atoms with Crippen molar-refractivity contribution in [3.8, 4) is 11.5 Å². The summed E-state index contributed by atoms with van der Waals surface area (Å²) in [5, 5.41) is 10.9. The molecule has 2 fully saturated rings. The molecule has 0 saturated carbocycles. The molecule has 0 aliphatic carbocycles. The van der Waals surface area contributed by atoms with Crippen LogP contribution >= 0.6 is 8.60 Å². The molecule has 8 heteroatoms. The first-order chi connectivity index (χ1) is 17.6. The number of fused-ring (bicyclic) bond motifs is 1. The van der Waals surface area contributed by atoms with Crippen LogP contribution in [0.1, 0.15) is 77.6 Å². The van der Waals surface area contributed by atoms with Crippen LogP contribution in [0.3, 0.4) is 0 Å². The van der Waals surface area contributed by atoms with E-state index in [1.807, 2.05) is 38.1 Å². The molecular weight excluding hydrogens is 503 g/mol. The summed E-state index contributed by atoms with van der Waals surface area (Å²) in [5.41, 5.74) is 3.82. The molecule has 2 heterocycles. The molecule has 2 aromatic rings. The number of aryl methyl sites for hydroxylation is 2. The molecule has 2 aliphatic rings. The smallest absolute Gasteiger partial charge is 0.417 e. The molecule has 4 atom stereocenters. The average Bonchev–Trinajstić information content (AvgIpc) is 3.24. The monoisotopic (exact) mass is 546 g/mol. The van der Waals surface area contributed by atoms with Gasteiger partial charge in [-0.3, -0.25) is 4.52 Å². The maximum atomic E-state index is 10.9. The van der Waals surface area contributed by atoms with Crippen molar-refractivity contribution in [1.82, 2.24) is 0 Å². The van der Waals surface area contributed by atoms with Crippen LogP contribution in [0.5, 0.6) is 11.5 Å². The van der Waals surface area contributed by atoms with Crippen LogP contribution in [0.15, 0.2) is 36.4 Å². The third kappa shape index (κ3) is 6.35. The third-order valence-electron chi connectivity index (χ3n) is 6.83. The van der Waals surface area contributed by atoms with Crippen molar-refractivity contribution in [3.63, 3.8) is 0 Å². The highest BCUT2D eigenvalue weighted by molar-refractivity contribution is 7.42. The van der Waals surface area contributed by atoms with Crippen LogP contribution < -0.4 is 9.05 Å². The first-order valence-corrected chi connectivity index (χ1v) is 14.3. The van der Waals surface area contributed by atoms with E-state index in [-0.39, 0.29) is 17.4 Å². The number of aliphatic hydroxyl groups is 1.